The van der Waals surface area contributed by atoms with Crippen molar-refractivity contribution in [1.29, 1.82) is 0 Å². The Kier molecular flexibility index (Phi) is 7.11. The lowest BCUT2D eigenvalue weighted by molar-refractivity contribution is -0.129. The van der Waals surface area contributed by atoms with Crippen molar-refractivity contribution >= 4 is 43.4 Å². The third-order valence-electron chi connectivity index (χ3n) is 5.90. The zero-order chi connectivity index (χ0) is 24.3. The summed E-state index contributed by atoms with van der Waals surface area (Å²) in [7, 11) is -1.90. The first-order chi connectivity index (χ1) is 16.3. The number of piperazine rings is 1. The fourth-order valence-electron chi connectivity index (χ4n) is 3.68. The molecule has 0 radical (unpaired) electrons. The van der Waals surface area contributed by atoms with Gasteiger partial charge in [0.1, 0.15) is 5.01 Å². The Hall–Kier alpha value is -3.08. The molecule has 8 nitrogen and oxygen atoms in total. The topological polar surface area (TPSA) is 90.9 Å². The molecule has 1 aromatic heterocycles. The quantitative estimate of drug-likeness (QED) is 0.488. The first-order valence-electron chi connectivity index (χ1n) is 10.9. The van der Waals surface area contributed by atoms with Crippen LogP contribution in [0.4, 0.5) is 0 Å². The van der Waals surface area contributed by atoms with Crippen molar-refractivity contribution < 1.29 is 18.0 Å². The Labute approximate surface area is 203 Å². The van der Waals surface area contributed by atoms with Gasteiger partial charge in [0.25, 0.3) is 0 Å². The van der Waals surface area contributed by atoms with Crippen LogP contribution in [0.3, 0.4) is 0 Å². The molecule has 0 N–H and O–H groups in total. The predicted octanol–water partition coefficient (Wildman–Crippen LogP) is 2.91. The Bertz CT molecular complexity index is 1280. The van der Waals surface area contributed by atoms with E-state index in [-0.39, 0.29) is 48.9 Å². The molecule has 1 aliphatic heterocycles. The van der Waals surface area contributed by atoms with Crippen LogP contribution in [0.5, 0.6) is 0 Å². The van der Waals surface area contributed by atoms with E-state index in [0.29, 0.717) is 0 Å². The molecule has 34 heavy (non-hydrogen) atoms. The van der Waals surface area contributed by atoms with Crippen LogP contribution >= 0.6 is 11.3 Å². The number of amides is 2. The largest absolute Gasteiger partial charge is 0.337 e. The van der Waals surface area contributed by atoms with E-state index in [1.165, 1.54) is 16.5 Å². The second kappa shape index (κ2) is 10.0. The minimum absolute atomic E-state index is 0.208. The van der Waals surface area contributed by atoms with Crippen LogP contribution in [0.1, 0.15) is 18.0 Å². The number of fused-ring (bicyclic) bond motifs is 1. The number of carbonyl (C=O) groups excluding carboxylic acids is 2. The summed E-state index contributed by atoms with van der Waals surface area (Å²) in [6.45, 7) is 2.85. The minimum Gasteiger partial charge on any atom is -0.337 e. The predicted molar refractivity (Wildman–Crippen MR) is 132 cm³/mol. The van der Waals surface area contributed by atoms with Crippen molar-refractivity contribution in [2.24, 2.45) is 0 Å². The van der Waals surface area contributed by atoms with Gasteiger partial charge in [-0.3, -0.25) is 9.59 Å². The smallest absolute Gasteiger partial charge is 0.247 e. The summed E-state index contributed by atoms with van der Waals surface area (Å²) in [6, 6.07) is 15.8. The molecule has 4 rings (SSSR count). The molecule has 1 saturated heterocycles. The van der Waals surface area contributed by atoms with Crippen LogP contribution in [0, 0.1) is 0 Å². The van der Waals surface area contributed by atoms with Gasteiger partial charge in [-0.2, -0.15) is 4.31 Å². The summed E-state index contributed by atoms with van der Waals surface area (Å²) in [6.07, 6.45) is 2.52. The van der Waals surface area contributed by atoms with Gasteiger partial charge in [-0.1, -0.05) is 30.3 Å². The maximum absolute atomic E-state index is 12.7. The lowest BCUT2D eigenvalue weighted by Gasteiger charge is -2.33. The number of hydrogen-bond donors (Lipinski definition) is 0. The molecule has 2 aromatic carbocycles. The molecule has 1 unspecified atom stereocenters. The van der Waals surface area contributed by atoms with Crippen molar-refractivity contribution in [3.05, 3.63) is 71.8 Å². The first kappa shape index (κ1) is 24.1. The molecular formula is C24H26N4O4S2. The summed E-state index contributed by atoms with van der Waals surface area (Å²) in [5.74, 6) is -0.614. The minimum atomic E-state index is -3.58. The SMILES string of the molecule is CC(c1nc2ccccc2s1)N(C)C(=O)/C=C/C(=O)N1CCN(S(=O)(=O)c2ccccc2)CC1. The number of carbonyl (C=O) groups is 2. The average Bonchev–Trinajstić information content (AvgIpc) is 3.31. The van der Waals surface area contributed by atoms with Gasteiger partial charge < -0.3 is 9.80 Å². The summed E-state index contributed by atoms with van der Waals surface area (Å²) in [4.78, 5) is 33.2. The molecule has 178 valence electrons. The standard InChI is InChI=1S/C24H26N4O4S2/c1-18(24-25-20-10-6-7-11-21(20)33-24)26(2)22(29)12-13-23(30)27-14-16-28(17-15-27)34(31,32)19-8-4-3-5-9-19/h3-13,18H,14-17H2,1-2H3/b13-12+. The van der Waals surface area contributed by atoms with Crippen molar-refractivity contribution in [3.8, 4) is 0 Å². The number of nitrogens with zero attached hydrogens (tertiary/aromatic N) is 4. The van der Waals surface area contributed by atoms with Gasteiger partial charge in [0.2, 0.25) is 21.8 Å². The van der Waals surface area contributed by atoms with Crippen LogP contribution in [0.2, 0.25) is 0 Å². The third-order valence-corrected chi connectivity index (χ3v) is 9.02. The summed E-state index contributed by atoms with van der Waals surface area (Å²) in [5.41, 5.74) is 0.898. The van der Waals surface area contributed by atoms with Gasteiger partial charge in [0, 0.05) is 45.4 Å². The zero-order valence-electron chi connectivity index (χ0n) is 19.0. The van der Waals surface area contributed by atoms with Crippen LogP contribution < -0.4 is 0 Å². The van der Waals surface area contributed by atoms with E-state index < -0.39 is 10.0 Å². The monoisotopic (exact) mass is 498 g/mol. The molecule has 1 atom stereocenters. The van der Waals surface area contributed by atoms with Crippen molar-refractivity contribution in [1.82, 2.24) is 19.1 Å². The number of rotatable bonds is 6. The molecule has 1 fully saturated rings. The van der Waals surface area contributed by atoms with E-state index in [9.17, 15) is 18.0 Å². The molecule has 1 aliphatic rings. The Balaban J connectivity index is 1.33. The maximum Gasteiger partial charge on any atom is 0.247 e. The fraction of sp³-hybridized carbons (Fsp3) is 0.292. The number of thiazole rings is 1. The highest BCUT2D eigenvalue weighted by Gasteiger charge is 2.29. The van der Waals surface area contributed by atoms with Crippen LogP contribution in [0.25, 0.3) is 10.2 Å². The summed E-state index contributed by atoms with van der Waals surface area (Å²) in [5, 5.41) is 0.826. The van der Waals surface area contributed by atoms with Gasteiger partial charge in [-0.25, -0.2) is 13.4 Å². The molecule has 0 saturated carbocycles. The lowest BCUT2D eigenvalue weighted by Crippen LogP contribution is -2.50. The number of likely N-dealkylation sites (N-methyl/N-ethyl adjacent to an activating group) is 1. The molecule has 2 heterocycles. The fourth-order valence-corrected chi connectivity index (χ4v) is 6.19. The first-order valence-corrected chi connectivity index (χ1v) is 13.2. The number of sulfonamides is 1. The van der Waals surface area contributed by atoms with Crippen LogP contribution in [-0.2, 0) is 19.6 Å². The van der Waals surface area contributed by atoms with E-state index in [1.807, 2.05) is 31.2 Å². The van der Waals surface area contributed by atoms with Gasteiger partial charge >= 0.3 is 0 Å². The Morgan fingerprint density at radius 1 is 1.00 bits per heavy atom. The number of aromatic nitrogens is 1. The van der Waals surface area contributed by atoms with Crippen LogP contribution in [0.15, 0.2) is 71.6 Å². The van der Waals surface area contributed by atoms with Gasteiger partial charge in [0.15, 0.2) is 0 Å². The third kappa shape index (κ3) is 5.03. The highest BCUT2D eigenvalue weighted by atomic mass is 32.2. The number of para-hydroxylation sites is 1. The van der Waals surface area contributed by atoms with Crippen LogP contribution in [-0.4, -0.2) is 72.5 Å². The number of hydrogen-bond acceptors (Lipinski definition) is 6. The maximum atomic E-state index is 12.7. The second-order valence-corrected chi connectivity index (χ2v) is 11.0. The summed E-state index contributed by atoms with van der Waals surface area (Å²) < 4.78 is 27.9. The Morgan fingerprint density at radius 3 is 2.32 bits per heavy atom. The van der Waals surface area contributed by atoms with Crippen molar-refractivity contribution in [2.75, 3.05) is 33.2 Å². The van der Waals surface area contributed by atoms with Gasteiger partial charge in [0.05, 0.1) is 21.2 Å². The van der Waals surface area contributed by atoms with Crippen molar-refractivity contribution in [3.63, 3.8) is 0 Å². The molecule has 10 heteroatoms. The van der Waals surface area contributed by atoms with E-state index in [4.69, 9.17) is 0 Å². The highest BCUT2D eigenvalue weighted by molar-refractivity contribution is 7.89. The average molecular weight is 499 g/mol. The molecule has 3 aromatic rings. The lowest BCUT2D eigenvalue weighted by atomic mass is 10.3. The van der Waals surface area contributed by atoms with Gasteiger partial charge in [-0.15, -0.1) is 11.3 Å². The number of benzene rings is 2. The Morgan fingerprint density at radius 2 is 1.65 bits per heavy atom. The summed E-state index contributed by atoms with van der Waals surface area (Å²) >= 11 is 1.54. The molecular weight excluding hydrogens is 472 g/mol. The normalized spacial score (nSPS) is 16.1. The molecule has 2 amide bonds. The highest BCUT2D eigenvalue weighted by Crippen LogP contribution is 2.28. The van der Waals surface area contributed by atoms with Crippen molar-refractivity contribution in [2.45, 2.75) is 17.9 Å². The molecule has 0 bridgehead atoms. The van der Waals surface area contributed by atoms with E-state index in [0.717, 1.165) is 15.2 Å². The molecule has 0 spiro atoms. The van der Waals surface area contributed by atoms with E-state index in [1.54, 1.807) is 58.5 Å². The second-order valence-electron chi connectivity index (χ2n) is 8.02. The van der Waals surface area contributed by atoms with E-state index in [2.05, 4.69) is 4.98 Å². The van der Waals surface area contributed by atoms with Gasteiger partial charge in [-0.05, 0) is 31.2 Å². The zero-order valence-corrected chi connectivity index (χ0v) is 20.6. The van der Waals surface area contributed by atoms with E-state index >= 15 is 0 Å². The molecule has 0 aliphatic carbocycles.